The topological polar surface area (TPSA) is 64.4 Å². The Kier molecular flexibility index (Phi) is 5.16. The molecule has 8 heteroatoms. The maximum absolute atomic E-state index is 6.05. The maximum atomic E-state index is 6.05. The molecule has 0 aliphatic carbocycles. The van der Waals surface area contributed by atoms with Gasteiger partial charge in [-0.05, 0) is 36.5 Å². The van der Waals surface area contributed by atoms with Crippen molar-refractivity contribution in [2.45, 2.75) is 0 Å². The summed E-state index contributed by atoms with van der Waals surface area (Å²) in [6.45, 7) is 0. The van der Waals surface area contributed by atoms with E-state index in [-0.39, 0.29) is 0 Å². The van der Waals surface area contributed by atoms with Crippen molar-refractivity contribution in [3.8, 4) is 22.9 Å². The van der Waals surface area contributed by atoms with Crippen molar-refractivity contribution in [3.63, 3.8) is 0 Å². The van der Waals surface area contributed by atoms with Crippen molar-refractivity contribution in [1.82, 2.24) is 14.9 Å². The lowest BCUT2D eigenvalue weighted by atomic mass is 10.2. The van der Waals surface area contributed by atoms with Crippen LogP contribution in [0.1, 0.15) is 5.56 Å². The molecule has 1 aromatic heterocycles. The van der Waals surface area contributed by atoms with Gasteiger partial charge in [0.25, 0.3) is 0 Å². The normalized spacial score (nSPS) is 11.0. The molecule has 0 saturated heterocycles. The fourth-order valence-electron chi connectivity index (χ4n) is 2.26. The minimum absolute atomic E-state index is 0.374. The third kappa shape index (κ3) is 3.72. The van der Waals surface area contributed by atoms with Crippen molar-refractivity contribution in [2.75, 3.05) is 14.2 Å². The third-order valence-corrected chi connectivity index (χ3v) is 3.99. The van der Waals surface area contributed by atoms with Gasteiger partial charge < -0.3 is 9.47 Å². The lowest BCUT2D eigenvalue weighted by molar-refractivity contribution is 0.394. The summed E-state index contributed by atoms with van der Waals surface area (Å²) in [5.41, 5.74) is 1.59. The second-order valence-corrected chi connectivity index (χ2v) is 5.85. The number of benzene rings is 2. The zero-order chi connectivity index (χ0) is 17.8. The van der Waals surface area contributed by atoms with Crippen LogP contribution in [-0.2, 0) is 0 Å². The molecule has 0 radical (unpaired) electrons. The predicted octanol–water partition coefficient (Wildman–Crippen LogP) is 4.16. The summed E-state index contributed by atoms with van der Waals surface area (Å²) in [6.07, 6.45) is 1.65. The number of hydrogen-bond acceptors (Lipinski definition) is 5. The van der Waals surface area contributed by atoms with Gasteiger partial charge in [-0.2, -0.15) is 14.9 Å². The number of nitrogens with one attached hydrogen (secondary N) is 1. The molecule has 3 rings (SSSR count). The maximum Gasteiger partial charge on any atom is 0.216 e. The van der Waals surface area contributed by atoms with Crippen molar-refractivity contribution >= 4 is 30.0 Å². The number of ether oxygens (including phenoxy) is 2. The molecule has 0 aliphatic rings. The molecule has 3 aromatic rings. The van der Waals surface area contributed by atoms with Gasteiger partial charge in [-0.3, -0.25) is 0 Å². The first kappa shape index (κ1) is 17.2. The number of aromatic nitrogens is 3. The molecule has 0 amide bonds. The van der Waals surface area contributed by atoms with Crippen molar-refractivity contribution in [1.29, 1.82) is 0 Å². The zero-order valence-corrected chi connectivity index (χ0v) is 15.1. The molecule has 1 N–H and O–H groups in total. The van der Waals surface area contributed by atoms with E-state index in [0.29, 0.717) is 27.1 Å². The van der Waals surface area contributed by atoms with Gasteiger partial charge in [-0.15, -0.1) is 0 Å². The Balaban J connectivity index is 2.00. The number of methoxy groups -OCH3 is 2. The van der Waals surface area contributed by atoms with Gasteiger partial charge >= 0.3 is 0 Å². The van der Waals surface area contributed by atoms with E-state index < -0.39 is 0 Å². The molecule has 0 saturated carbocycles. The Hall–Kier alpha value is -2.64. The molecule has 0 unspecified atom stereocenters. The SMILES string of the molecule is COc1ccc(C=Nn2c(-c3cccc(Cl)c3)n[nH]c2=S)c(OC)c1. The van der Waals surface area contributed by atoms with Crippen molar-refractivity contribution in [3.05, 3.63) is 57.8 Å². The Morgan fingerprint density at radius 3 is 2.76 bits per heavy atom. The second-order valence-electron chi connectivity index (χ2n) is 5.03. The van der Waals surface area contributed by atoms with E-state index in [1.54, 1.807) is 38.6 Å². The van der Waals surface area contributed by atoms with E-state index in [2.05, 4.69) is 15.3 Å². The monoisotopic (exact) mass is 374 g/mol. The van der Waals surface area contributed by atoms with E-state index in [1.807, 2.05) is 24.3 Å². The van der Waals surface area contributed by atoms with Gasteiger partial charge in [0.1, 0.15) is 11.5 Å². The van der Waals surface area contributed by atoms with Gasteiger partial charge in [0.05, 0.1) is 20.4 Å². The van der Waals surface area contributed by atoms with Crippen LogP contribution >= 0.6 is 23.8 Å². The van der Waals surface area contributed by atoms with E-state index >= 15 is 0 Å². The molecular weight excluding hydrogens is 360 g/mol. The Bertz CT molecular complexity index is 981. The Morgan fingerprint density at radius 1 is 1.20 bits per heavy atom. The number of H-pyrrole nitrogens is 1. The number of hydrogen-bond donors (Lipinski definition) is 1. The molecule has 6 nitrogen and oxygen atoms in total. The third-order valence-electron chi connectivity index (χ3n) is 3.49. The fraction of sp³-hybridized carbons (Fsp3) is 0.118. The van der Waals surface area contributed by atoms with E-state index in [1.165, 1.54) is 4.68 Å². The molecule has 2 aromatic carbocycles. The quantitative estimate of drug-likeness (QED) is 0.538. The number of halogens is 1. The lowest BCUT2D eigenvalue weighted by Crippen LogP contribution is -1.97. The molecule has 1 heterocycles. The number of aromatic amines is 1. The largest absolute Gasteiger partial charge is 0.497 e. The molecule has 0 aliphatic heterocycles. The Labute approximate surface area is 154 Å². The molecule has 25 heavy (non-hydrogen) atoms. The fourth-order valence-corrected chi connectivity index (χ4v) is 2.63. The molecule has 0 spiro atoms. The molecular formula is C17H15ClN4O2S. The standard InChI is InChI=1S/C17H15ClN4O2S/c1-23-14-7-6-12(15(9-14)24-2)10-19-22-16(20-21-17(22)25)11-4-3-5-13(18)8-11/h3-10H,1-2H3,(H,21,25). The van der Waals surface area contributed by atoms with Crippen molar-refractivity contribution in [2.24, 2.45) is 5.10 Å². The van der Waals surface area contributed by atoms with Crippen LogP contribution in [0.15, 0.2) is 47.6 Å². The highest BCUT2D eigenvalue weighted by Gasteiger charge is 2.09. The molecule has 0 fully saturated rings. The first-order valence-electron chi connectivity index (χ1n) is 7.32. The van der Waals surface area contributed by atoms with Crippen LogP contribution in [0.2, 0.25) is 5.02 Å². The van der Waals surface area contributed by atoms with Crippen LogP contribution in [-0.4, -0.2) is 35.3 Å². The van der Waals surface area contributed by atoms with Gasteiger partial charge in [0.15, 0.2) is 5.82 Å². The number of nitrogens with zero attached hydrogens (tertiary/aromatic N) is 3. The van der Waals surface area contributed by atoms with Crippen LogP contribution in [0.5, 0.6) is 11.5 Å². The van der Waals surface area contributed by atoms with Gasteiger partial charge in [-0.25, -0.2) is 5.10 Å². The van der Waals surface area contributed by atoms with Gasteiger partial charge in [0.2, 0.25) is 4.77 Å². The predicted molar refractivity (Wildman–Crippen MR) is 100 cm³/mol. The summed E-state index contributed by atoms with van der Waals surface area (Å²) in [5.74, 6) is 1.91. The first-order valence-corrected chi connectivity index (χ1v) is 8.10. The average molecular weight is 375 g/mol. The van der Waals surface area contributed by atoms with Gasteiger partial charge in [0, 0.05) is 22.2 Å². The lowest BCUT2D eigenvalue weighted by Gasteiger charge is -2.07. The van der Waals surface area contributed by atoms with Crippen LogP contribution in [0, 0.1) is 4.77 Å². The van der Waals surface area contributed by atoms with E-state index in [9.17, 15) is 0 Å². The summed E-state index contributed by atoms with van der Waals surface area (Å²) >= 11 is 11.3. The number of rotatable bonds is 5. The molecule has 0 atom stereocenters. The van der Waals surface area contributed by atoms with Gasteiger partial charge in [-0.1, -0.05) is 23.7 Å². The highest BCUT2D eigenvalue weighted by Crippen LogP contribution is 2.24. The summed E-state index contributed by atoms with van der Waals surface area (Å²) < 4.78 is 12.5. The second kappa shape index (κ2) is 7.50. The molecule has 0 bridgehead atoms. The smallest absolute Gasteiger partial charge is 0.216 e. The summed E-state index contributed by atoms with van der Waals surface area (Å²) in [7, 11) is 3.19. The zero-order valence-electron chi connectivity index (χ0n) is 13.6. The summed E-state index contributed by atoms with van der Waals surface area (Å²) in [4.78, 5) is 0. The average Bonchev–Trinajstić information content (AvgIpc) is 3.00. The summed E-state index contributed by atoms with van der Waals surface area (Å²) in [5, 5.41) is 12.0. The van der Waals surface area contributed by atoms with E-state index in [4.69, 9.17) is 33.3 Å². The first-order chi connectivity index (χ1) is 12.1. The summed E-state index contributed by atoms with van der Waals surface area (Å²) in [6, 6.07) is 12.8. The highest BCUT2D eigenvalue weighted by atomic mass is 35.5. The highest BCUT2D eigenvalue weighted by molar-refractivity contribution is 7.71. The Morgan fingerprint density at radius 2 is 2.04 bits per heavy atom. The minimum Gasteiger partial charge on any atom is -0.497 e. The molecule has 128 valence electrons. The van der Waals surface area contributed by atoms with Crippen molar-refractivity contribution < 1.29 is 9.47 Å². The van der Waals surface area contributed by atoms with E-state index in [0.717, 1.165) is 11.1 Å². The van der Waals surface area contributed by atoms with Crippen LogP contribution < -0.4 is 9.47 Å². The van der Waals surface area contributed by atoms with Crippen LogP contribution in [0.4, 0.5) is 0 Å². The van der Waals surface area contributed by atoms with Crippen LogP contribution in [0.3, 0.4) is 0 Å². The van der Waals surface area contributed by atoms with Crippen LogP contribution in [0.25, 0.3) is 11.4 Å². The minimum atomic E-state index is 0.374.